The van der Waals surface area contributed by atoms with Gasteiger partial charge in [0, 0.05) is 38.5 Å². The number of amides is 1. The Morgan fingerprint density at radius 2 is 1.83 bits per heavy atom. The normalized spacial score (nSPS) is 20.5. The van der Waals surface area contributed by atoms with E-state index in [0.29, 0.717) is 50.0 Å². The molecule has 1 amide bonds. The topological polar surface area (TPSA) is 133 Å². The molecule has 0 saturated carbocycles. The molecule has 2 atom stereocenters. The van der Waals surface area contributed by atoms with Gasteiger partial charge < -0.3 is 38.4 Å². The van der Waals surface area contributed by atoms with E-state index in [1.165, 1.54) is 19.2 Å². The number of carbonyl (C=O) groups excluding carboxylic acids is 1. The van der Waals surface area contributed by atoms with E-state index in [-0.39, 0.29) is 55.6 Å². The van der Waals surface area contributed by atoms with Crippen LogP contribution in [0.3, 0.4) is 0 Å². The summed E-state index contributed by atoms with van der Waals surface area (Å²) in [6.07, 6.45) is 1.38. The highest BCUT2D eigenvalue weighted by Gasteiger charge is 2.33. The molecule has 2 unspecified atom stereocenters. The summed E-state index contributed by atoms with van der Waals surface area (Å²) in [5.41, 5.74) is 0.905. The molecule has 1 N–H and O–H groups in total. The van der Waals surface area contributed by atoms with Crippen molar-refractivity contribution in [2.75, 3.05) is 66.5 Å². The molecule has 13 heteroatoms. The molecule has 0 aliphatic carbocycles. The Hall–Kier alpha value is -3.36. The van der Waals surface area contributed by atoms with Crippen molar-refractivity contribution < 1.29 is 46.7 Å². The molecule has 12 nitrogen and oxygen atoms in total. The Balaban J connectivity index is 1.29. The number of methoxy groups -OCH3 is 1. The summed E-state index contributed by atoms with van der Waals surface area (Å²) in [4.78, 5) is 15.1. The van der Waals surface area contributed by atoms with Crippen molar-refractivity contribution in [3.05, 3.63) is 59.9 Å². The first kappa shape index (κ1) is 29.1. The summed E-state index contributed by atoms with van der Waals surface area (Å²) < 4.78 is 61.1. The predicted octanol–water partition coefficient (Wildman–Crippen LogP) is 1.70. The van der Waals surface area contributed by atoms with Gasteiger partial charge in [-0.25, -0.2) is 8.42 Å². The van der Waals surface area contributed by atoms with Crippen molar-refractivity contribution in [1.29, 1.82) is 0 Å². The number of rotatable bonds is 11. The minimum absolute atomic E-state index is 0.0209. The number of aliphatic hydroxyl groups excluding tert-OH is 1. The average molecular weight is 591 g/mol. The Bertz CT molecular complexity index is 1340. The lowest BCUT2D eigenvalue weighted by molar-refractivity contribution is -0.155. The van der Waals surface area contributed by atoms with Crippen molar-refractivity contribution in [2.24, 2.45) is 0 Å². The van der Waals surface area contributed by atoms with E-state index in [1.54, 1.807) is 23.1 Å². The van der Waals surface area contributed by atoms with Gasteiger partial charge in [-0.2, -0.15) is 4.31 Å². The highest BCUT2D eigenvalue weighted by molar-refractivity contribution is 7.89. The number of hydrogen-bond acceptors (Lipinski definition) is 10. The first-order valence-corrected chi connectivity index (χ1v) is 14.8. The summed E-state index contributed by atoms with van der Waals surface area (Å²) in [5, 5.41) is 9.55. The molecule has 0 spiro atoms. The number of allylic oxidation sites excluding steroid dienone is 1. The largest absolute Gasteiger partial charge is 0.497 e. The molecule has 0 bridgehead atoms. The fraction of sp³-hybridized carbons (Fsp3) is 0.464. The van der Waals surface area contributed by atoms with Crippen molar-refractivity contribution >= 4 is 15.9 Å². The van der Waals surface area contributed by atoms with E-state index >= 15 is 0 Å². The van der Waals surface area contributed by atoms with Gasteiger partial charge in [-0.1, -0.05) is 6.07 Å². The second kappa shape index (κ2) is 13.1. The van der Waals surface area contributed by atoms with Crippen LogP contribution in [0.1, 0.15) is 17.9 Å². The van der Waals surface area contributed by atoms with Gasteiger partial charge in [0.05, 0.1) is 38.4 Å². The molecule has 3 aliphatic rings. The van der Waals surface area contributed by atoms with Gasteiger partial charge in [0.15, 0.2) is 17.3 Å². The maximum Gasteiger partial charge on any atom is 0.288 e. The third kappa shape index (κ3) is 6.76. The lowest BCUT2D eigenvalue weighted by Crippen LogP contribution is -2.43. The maximum absolute atomic E-state index is 13.3. The minimum Gasteiger partial charge on any atom is -0.497 e. The maximum atomic E-state index is 13.3. The average Bonchev–Trinajstić information content (AvgIpc) is 3.49. The van der Waals surface area contributed by atoms with E-state index in [0.717, 1.165) is 9.87 Å². The van der Waals surface area contributed by atoms with Gasteiger partial charge >= 0.3 is 0 Å². The third-order valence-corrected chi connectivity index (χ3v) is 9.00. The van der Waals surface area contributed by atoms with Crippen molar-refractivity contribution in [1.82, 2.24) is 9.21 Å². The molecular weight excluding hydrogens is 556 g/mol. The number of hydrogen-bond donors (Lipinski definition) is 1. The quantitative estimate of drug-likeness (QED) is 0.412. The van der Waals surface area contributed by atoms with Gasteiger partial charge in [-0.05, 0) is 48.0 Å². The number of morpholine rings is 1. The standard InChI is InChI=1S/C28H34N2O10S/c1-35-22-3-5-23(6-4-22)41(33,34)30(8-12-31)11-15-37-27-18-21(20-2-7-24-25(16-20)39-19-38-24)17-26(40-27)28(32)29-9-13-36-14-10-29/h2-7,16-17,21,27,31H,8-15,18-19H2,1H3. The van der Waals surface area contributed by atoms with Gasteiger partial charge in [0.1, 0.15) is 5.75 Å². The molecule has 0 aromatic heterocycles. The van der Waals surface area contributed by atoms with E-state index in [9.17, 15) is 18.3 Å². The van der Waals surface area contributed by atoms with Crippen LogP contribution in [0.15, 0.2) is 59.2 Å². The highest BCUT2D eigenvalue weighted by atomic mass is 32.2. The number of nitrogens with zero attached hydrogens (tertiary/aromatic N) is 2. The Morgan fingerprint density at radius 1 is 1.07 bits per heavy atom. The van der Waals surface area contributed by atoms with E-state index in [1.807, 2.05) is 18.2 Å². The number of carbonyl (C=O) groups is 1. The van der Waals surface area contributed by atoms with Crippen LogP contribution in [0.4, 0.5) is 0 Å². The number of ether oxygens (including phenoxy) is 6. The Kier molecular flexibility index (Phi) is 9.30. The fourth-order valence-electron chi connectivity index (χ4n) is 4.86. The van der Waals surface area contributed by atoms with Crippen LogP contribution >= 0.6 is 0 Å². The monoisotopic (exact) mass is 590 g/mol. The minimum atomic E-state index is -3.90. The summed E-state index contributed by atoms with van der Waals surface area (Å²) in [6.45, 7) is 1.46. The van der Waals surface area contributed by atoms with E-state index < -0.39 is 16.3 Å². The Labute approximate surface area is 239 Å². The molecule has 3 heterocycles. The Morgan fingerprint density at radius 3 is 2.56 bits per heavy atom. The summed E-state index contributed by atoms with van der Waals surface area (Å²) in [7, 11) is -2.40. The van der Waals surface area contributed by atoms with Crippen LogP contribution in [-0.2, 0) is 29.0 Å². The van der Waals surface area contributed by atoms with Crippen LogP contribution in [0.5, 0.6) is 17.2 Å². The first-order chi connectivity index (χ1) is 19.9. The fourth-order valence-corrected chi connectivity index (χ4v) is 6.27. The van der Waals surface area contributed by atoms with E-state index in [4.69, 9.17) is 28.4 Å². The molecule has 5 rings (SSSR count). The number of benzene rings is 2. The van der Waals surface area contributed by atoms with Crippen molar-refractivity contribution in [2.45, 2.75) is 23.5 Å². The molecule has 222 valence electrons. The summed E-state index contributed by atoms with van der Waals surface area (Å²) in [5.74, 6) is 1.51. The summed E-state index contributed by atoms with van der Waals surface area (Å²) >= 11 is 0. The van der Waals surface area contributed by atoms with Gasteiger partial charge in [0.25, 0.3) is 5.91 Å². The second-order valence-electron chi connectivity index (χ2n) is 9.61. The molecule has 2 aromatic carbocycles. The predicted molar refractivity (Wildman–Crippen MR) is 145 cm³/mol. The van der Waals surface area contributed by atoms with Crippen molar-refractivity contribution in [3.8, 4) is 17.2 Å². The zero-order chi connectivity index (χ0) is 28.8. The summed E-state index contributed by atoms with van der Waals surface area (Å²) in [6, 6.07) is 11.7. The molecule has 1 saturated heterocycles. The second-order valence-corrected chi connectivity index (χ2v) is 11.5. The smallest absolute Gasteiger partial charge is 0.288 e. The number of sulfonamides is 1. The third-order valence-electron chi connectivity index (χ3n) is 7.08. The van der Waals surface area contributed by atoms with Gasteiger partial charge in [-0.15, -0.1) is 0 Å². The van der Waals surface area contributed by atoms with Crippen molar-refractivity contribution in [3.63, 3.8) is 0 Å². The number of fused-ring (bicyclic) bond motifs is 1. The zero-order valence-electron chi connectivity index (χ0n) is 22.8. The number of aliphatic hydroxyl groups is 1. The molecule has 41 heavy (non-hydrogen) atoms. The van der Waals surface area contributed by atoms with Crippen LogP contribution < -0.4 is 14.2 Å². The molecule has 0 radical (unpaired) electrons. The van der Waals surface area contributed by atoms with Crippen LogP contribution in [0.2, 0.25) is 0 Å². The zero-order valence-corrected chi connectivity index (χ0v) is 23.6. The lowest BCUT2D eigenvalue weighted by atomic mass is 9.92. The molecular formula is C28H34N2O10S. The molecule has 1 fully saturated rings. The lowest BCUT2D eigenvalue weighted by Gasteiger charge is -2.33. The van der Waals surface area contributed by atoms with Gasteiger partial charge in [0.2, 0.25) is 23.1 Å². The van der Waals surface area contributed by atoms with Crippen LogP contribution in [-0.4, -0.2) is 101 Å². The molecule has 2 aromatic rings. The van der Waals surface area contributed by atoms with Gasteiger partial charge in [-0.3, -0.25) is 4.79 Å². The first-order valence-electron chi connectivity index (χ1n) is 13.4. The van der Waals surface area contributed by atoms with Crippen LogP contribution in [0.25, 0.3) is 0 Å². The molecule has 3 aliphatic heterocycles. The SMILES string of the molecule is COc1ccc(S(=O)(=O)N(CCO)CCOC2CC(c3ccc4c(c3)OCO4)C=C(C(=O)N3CCOCC3)O2)cc1. The van der Waals surface area contributed by atoms with E-state index in [2.05, 4.69) is 0 Å². The van der Waals surface area contributed by atoms with Crippen LogP contribution in [0, 0.1) is 0 Å². The highest BCUT2D eigenvalue weighted by Crippen LogP contribution is 2.38.